The third-order valence-electron chi connectivity index (χ3n) is 5.82. The molecule has 2 aromatic rings. The number of carboxylic acids is 1. The highest BCUT2D eigenvalue weighted by atomic mass is 35.5. The SMILES string of the molecule is CN(C)CC(Cl)=C1CCN(c2cc3c(cc2F)c(=O)c(C(=O)O)cn3C2CC2)CC1. The van der Waals surface area contributed by atoms with Crippen molar-refractivity contribution < 1.29 is 14.3 Å². The average molecular weight is 434 g/mol. The number of benzene rings is 1. The second-order valence-electron chi connectivity index (χ2n) is 8.37. The Morgan fingerprint density at radius 2 is 1.93 bits per heavy atom. The van der Waals surface area contributed by atoms with Gasteiger partial charge in [-0.3, -0.25) is 4.79 Å². The predicted molar refractivity (Wildman–Crippen MR) is 116 cm³/mol. The van der Waals surface area contributed by atoms with Crippen molar-refractivity contribution in [1.82, 2.24) is 9.47 Å². The van der Waals surface area contributed by atoms with Crippen molar-refractivity contribution in [1.29, 1.82) is 0 Å². The molecule has 160 valence electrons. The van der Waals surface area contributed by atoms with Crippen LogP contribution in [0.25, 0.3) is 10.9 Å². The molecule has 2 aliphatic rings. The van der Waals surface area contributed by atoms with Gasteiger partial charge >= 0.3 is 5.97 Å². The van der Waals surface area contributed by atoms with E-state index in [2.05, 4.69) is 0 Å². The molecule has 0 atom stereocenters. The summed E-state index contributed by atoms with van der Waals surface area (Å²) in [7, 11) is 3.94. The first-order valence-electron chi connectivity index (χ1n) is 10.1. The molecular formula is C22H25ClFN3O3. The van der Waals surface area contributed by atoms with Gasteiger partial charge in [0.05, 0.1) is 11.2 Å². The lowest BCUT2D eigenvalue weighted by Crippen LogP contribution is -2.32. The first-order valence-corrected chi connectivity index (χ1v) is 10.5. The van der Waals surface area contributed by atoms with Crippen molar-refractivity contribution >= 4 is 34.2 Å². The summed E-state index contributed by atoms with van der Waals surface area (Å²) in [5.74, 6) is -1.79. The molecule has 6 nitrogen and oxygen atoms in total. The van der Waals surface area contributed by atoms with Gasteiger partial charge in [-0.1, -0.05) is 17.2 Å². The highest BCUT2D eigenvalue weighted by Gasteiger charge is 2.28. The van der Waals surface area contributed by atoms with E-state index in [4.69, 9.17) is 11.6 Å². The Labute approximate surface area is 179 Å². The Bertz CT molecular complexity index is 1090. The lowest BCUT2D eigenvalue weighted by molar-refractivity contribution is 0.0695. The molecule has 0 spiro atoms. The number of carbonyl (C=O) groups is 1. The summed E-state index contributed by atoms with van der Waals surface area (Å²) in [6, 6.07) is 3.06. The van der Waals surface area contributed by atoms with Gasteiger partial charge in [-0.25, -0.2) is 9.18 Å². The number of likely N-dealkylation sites (N-methyl/N-ethyl adjacent to an activating group) is 1. The zero-order valence-electron chi connectivity index (χ0n) is 17.1. The average Bonchev–Trinajstić information content (AvgIpc) is 3.53. The maximum atomic E-state index is 15.0. The third kappa shape index (κ3) is 3.96. The Balaban J connectivity index is 1.71. The van der Waals surface area contributed by atoms with Crippen LogP contribution in [0.15, 0.2) is 33.7 Å². The highest BCUT2D eigenvalue weighted by molar-refractivity contribution is 6.30. The number of anilines is 1. The summed E-state index contributed by atoms with van der Waals surface area (Å²) < 4.78 is 16.8. The zero-order chi connectivity index (χ0) is 21.6. The zero-order valence-corrected chi connectivity index (χ0v) is 17.9. The van der Waals surface area contributed by atoms with Crippen LogP contribution < -0.4 is 10.3 Å². The smallest absolute Gasteiger partial charge is 0.341 e. The molecule has 1 saturated carbocycles. The first kappa shape index (κ1) is 20.9. The Morgan fingerprint density at radius 1 is 1.27 bits per heavy atom. The Hall–Kier alpha value is -2.38. The van der Waals surface area contributed by atoms with Crippen LogP contribution in [0.3, 0.4) is 0 Å². The summed E-state index contributed by atoms with van der Waals surface area (Å²) in [6.07, 6.45) is 4.78. The first-order chi connectivity index (χ1) is 14.3. The van der Waals surface area contributed by atoms with Crippen molar-refractivity contribution in [3.8, 4) is 0 Å². The summed E-state index contributed by atoms with van der Waals surface area (Å²) in [6.45, 7) is 1.98. The van der Waals surface area contributed by atoms with Crippen LogP contribution in [-0.2, 0) is 0 Å². The van der Waals surface area contributed by atoms with Crippen molar-refractivity contribution in [2.75, 3.05) is 38.6 Å². The summed E-state index contributed by atoms with van der Waals surface area (Å²) >= 11 is 6.44. The number of hydrogen-bond donors (Lipinski definition) is 1. The van der Waals surface area contributed by atoms with Gasteiger partial charge in [0.25, 0.3) is 0 Å². The molecule has 1 aliphatic heterocycles. The van der Waals surface area contributed by atoms with E-state index in [0.29, 0.717) is 30.8 Å². The maximum absolute atomic E-state index is 15.0. The molecule has 8 heteroatoms. The third-order valence-corrected chi connectivity index (χ3v) is 6.20. The minimum atomic E-state index is -1.29. The quantitative estimate of drug-likeness (QED) is 0.776. The summed E-state index contributed by atoms with van der Waals surface area (Å²) in [5.41, 5.74) is 1.28. The molecule has 1 saturated heterocycles. The van der Waals surface area contributed by atoms with Crippen LogP contribution in [-0.4, -0.2) is 54.3 Å². The van der Waals surface area contributed by atoms with Crippen molar-refractivity contribution in [2.24, 2.45) is 0 Å². The molecular weight excluding hydrogens is 409 g/mol. The van der Waals surface area contributed by atoms with E-state index in [1.165, 1.54) is 17.8 Å². The van der Waals surface area contributed by atoms with Crippen LogP contribution in [0, 0.1) is 5.82 Å². The number of pyridine rings is 1. The van der Waals surface area contributed by atoms with Gasteiger partial charge in [0, 0.05) is 42.3 Å². The van der Waals surface area contributed by atoms with E-state index in [9.17, 15) is 14.7 Å². The second kappa shape index (κ2) is 8.04. The summed E-state index contributed by atoms with van der Waals surface area (Å²) in [5, 5.41) is 10.3. The number of nitrogens with zero attached hydrogens (tertiary/aromatic N) is 3. The fourth-order valence-electron chi connectivity index (χ4n) is 4.09. The Morgan fingerprint density at radius 3 is 2.50 bits per heavy atom. The van der Waals surface area contributed by atoms with Gasteiger partial charge in [-0.15, -0.1) is 0 Å². The number of fused-ring (bicyclic) bond motifs is 1. The van der Waals surface area contributed by atoms with Crippen LogP contribution in [0.2, 0.25) is 0 Å². The van der Waals surface area contributed by atoms with E-state index in [1.54, 1.807) is 6.07 Å². The lowest BCUT2D eigenvalue weighted by atomic mass is 10.0. The topological polar surface area (TPSA) is 65.8 Å². The number of piperidine rings is 1. The molecule has 30 heavy (non-hydrogen) atoms. The highest BCUT2D eigenvalue weighted by Crippen LogP contribution is 2.38. The molecule has 2 heterocycles. The number of rotatable bonds is 5. The van der Waals surface area contributed by atoms with Crippen LogP contribution in [0.5, 0.6) is 0 Å². The standard InChI is InChI=1S/C22H25ClFN3O3/c1-25(2)12-17(23)13-5-7-26(8-6-13)20-10-19-15(9-18(20)24)21(28)16(22(29)30)11-27(19)14-3-4-14/h9-11,14H,3-8,12H2,1-2H3,(H,29,30). The van der Waals surface area contributed by atoms with Crippen LogP contribution in [0.1, 0.15) is 42.1 Å². The normalized spacial score (nSPS) is 17.1. The summed E-state index contributed by atoms with van der Waals surface area (Å²) in [4.78, 5) is 28.1. The molecule has 0 amide bonds. The minimum absolute atomic E-state index is 0.120. The monoisotopic (exact) mass is 433 g/mol. The van der Waals surface area contributed by atoms with E-state index in [-0.39, 0.29) is 17.0 Å². The molecule has 0 radical (unpaired) electrons. The lowest BCUT2D eigenvalue weighted by Gasteiger charge is -2.32. The van der Waals surface area contributed by atoms with E-state index < -0.39 is 17.2 Å². The van der Waals surface area contributed by atoms with Crippen LogP contribution in [0.4, 0.5) is 10.1 Å². The molecule has 0 bridgehead atoms. The molecule has 0 unspecified atom stereocenters. The minimum Gasteiger partial charge on any atom is -0.477 e. The number of aromatic carboxylic acids is 1. The van der Waals surface area contributed by atoms with E-state index >= 15 is 4.39 Å². The molecule has 1 N–H and O–H groups in total. The molecule has 1 aromatic carbocycles. The van der Waals surface area contributed by atoms with Gasteiger partial charge < -0.3 is 19.5 Å². The van der Waals surface area contributed by atoms with Gasteiger partial charge in [0.15, 0.2) is 0 Å². The molecule has 1 aromatic heterocycles. The van der Waals surface area contributed by atoms with Crippen LogP contribution >= 0.6 is 11.6 Å². The fraction of sp³-hybridized carbons (Fsp3) is 0.455. The van der Waals surface area contributed by atoms with Gasteiger partial charge in [0.2, 0.25) is 5.43 Å². The van der Waals surface area contributed by atoms with Crippen molar-refractivity contribution in [2.45, 2.75) is 31.7 Å². The predicted octanol–water partition coefficient (Wildman–Crippen LogP) is 3.83. The van der Waals surface area contributed by atoms with E-state index in [1.807, 2.05) is 28.5 Å². The number of aromatic nitrogens is 1. The van der Waals surface area contributed by atoms with Crippen molar-refractivity contribution in [3.05, 3.63) is 50.5 Å². The van der Waals surface area contributed by atoms with Gasteiger partial charge in [-0.2, -0.15) is 0 Å². The number of carboxylic acid groups (broad SMARTS) is 1. The number of halogens is 2. The van der Waals surface area contributed by atoms with Crippen molar-refractivity contribution in [3.63, 3.8) is 0 Å². The Kier molecular flexibility index (Phi) is 5.59. The molecule has 2 fully saturated rings. The van der Waals surface area contributed by atoms with E-state index in [0.717, 1.165) is 30.7 Å². The maximum Gasteiger partial charge on any atom is 0.341 e. The fourth-order valence-corrected chi connectivity index (χ4v) is 4.51. The largest absolute Gasteiger partial charge is 0.477 e. The van der Waals surface area contributed by atoms with Gasteiger partial charge in [-0.05, 0) is 51.9 Å². The van der Waals surface area contributed by atoms with Gasteiger partial charge in [0.1, 0.15) is 11.4 Å². The molecule has 1 aliphatic carbocycles. The molecule has 4 rings (SSSR count). The second-order valence-corrected chi connectivity index (χ2v) is 8.83. The number of hydrogen-bond acceptors (Lipinski definition) is 4.